The zero-order valence-electron chi connectivity index (χ0n) is 17.5. The van der Waals surface area contributed by atoms with Crippen molar-refractivity contribution in [1.29, 1.82) is 0 Å². The Morgan fingerprint density at radius 1 is 0.771 bits per heavy atom. The summed E-state index contributed by atoms with van der Waals surface area (Å²) in [5, 5.41) is 30.0. The van der Waals surface area contributed by atoms with Gasteiger partial charge in [0, 0.05) is 46.6 Å². The Labute approximate surface area is 194 Å². The van der Waals surface area contributed by atoms with Gasteiger partial charge in [-0.1, -0.05) is 6.07 Å². The van der Waals surface area contributed by atoms with Crippen LogP contribution in [-0.4, -0.2) is 30.0 Å². The average Bonchev–Trinajstić information content (AvgIpc) is 3.32. The van der Waals surface area contributed by atoms with Crippen molar-refractivity contribution in [3.8, 4) is 33.5 Å². The third-order valence-electron chi connectivity index (χ3n) is 5.42. The van der Waals surface area contributed by atoms with E-state index in [2.05, 4.69) is 20.2 Å². The summed E-state index contributed by atoms with van der Waals surface area (Å²) in [4.78, 5) is 29.7. The predicted octanol–water partition coefficient (Wildman–Crippen LogP) is 5.45. The zero-order chi connectivity index (χ0) is 24.7. The first-order valence-corrected chi connectivity index (χ1v) is 10.0. The van der Waals surface area contributed by atoms with Crippen LogP contribution < -0.4 is 0 Å². The third kappa shape index (κ3) is 3.72. The highest BCUT2D eigenvalue weighted by Crippen LogP contribution is 2.44. The van der Waals surface area contributed by atoms with E-state index in [4.69, 9.17) is 0 Å². The third-order valence-corrected chi connectivity index (χ3v) is 5.42. The molecule has 3 aromatic heterocycles. The maximum Gasteiger partial charge on any atom is 0.305 e. The van der Waals surface area contributed by atoms with Gasteiger partial charge in [-0.3, -0.25) is 30.3 Å². The minimum absolute atomic E-state index is 0.220. The summed E-state index contributed by atoms with van der Waals surface area (Å²) in [7, 11) is 0. The van der Waals surface area contributed by atoms with Crippen LogP contribution in [0.15, 0.2) is 67.1 Å². The van der Waals surface area contributed by atoms with E-state index in [1.165, 1.54) is 30.7 Å². The fourth-order valence-electron chi connectivity index (χ4n) is 3.88. The summed E-state index contributed by atoms with van der Waals surface area (Å²) in [6, 6.07) is 10.1. The van der Waals surface area contributed by atoms with Crippen molar-refractivity contribution in [2.75, 3.05) is 0 Å². The number of rotatable bonds is 5. The number of hydrogen-bond acceptors (Lipinski definition) is 7. The minimum Gasteiger partial charge on any atom is -0.265 e. The topological polar surface area (TPSA) is 141 Å². The SMILES string of the molecule is O=[N+]([O-])c1cc(-c2nc3[nH]ncc3c(-c3ccc(F)c([N+](=O)[O-])c3)c2-c2ccncc2)ccc1F. The van der Waals surface area contributed by atoms with E-state index in [1.807, 2.05) is 0 Å². The van der Waals surface area contributed by atoms with Gasteiger partial charge in [0.1, 0.15) is 0 Å². The molecule has 0 unspecified atom stereocenters. The second-order valence-corrected chi connectivity index (χ2v) is 7.43. The molecular weight excluding hydrogens is 462 g/mol. The van der Waals surface area contributed by atoms with Crippen LogP contribution in [0.25, 0.3) is 44.5 Å². The first kappa shape index (κ1) is 21.7. The summed E-state index contributed by atoms with van der Waals surface area (Å²) in [6.45, 7) is 0. The lowest BCUT2D eigenvalue weighted by Gasteiger charge is -2.16. The summed E-state index contributed by atoms with van der Waals surface area (Å²) < 4.78 is 28.2. The predicted molar refractivity (Wildman–Crippen MR) is 121 cm³/mol. The Balaban J connectivity index is 1.92. The molecule has 2 aromatic carbocycles. The Morgan fingerprint density at radius 3 is 2.00 bits per heavy atom. The van der Waals surface area contributed by atoms with Crippen LogP contribution in [0.3, 0.4) is 0 Å². The van der Waals surface area contributed by atoms with Crippen LogP contribution in [0, 0.1) is 31.9 Å². The number of pyridine rings is 2. The Bertz CT molecular complexity index is 1640. The number of nitrogens with zero attached hydrogens (tertiary/aromatic N) is 5. The van der Waals surface area contributed by atoms with Crippen molar-refractivity contribution in [2.24, 2.45) is 0 Å². The quantitative estimate of drug-likeness (QED) is 0.264. The van der Waals surface area contributed by atoms with Gasteiger partial charge in [0.05, 0.1) is 21.7 Å². The molecule has 0 aliphatic heterocycles. The fourth-order valence-corrected chi connectivity index (χ4v) is 3.88. The normalized spacial score (nSPS) is 11.0. The van der Waals surface area contributed by atoms with E-state index in [9.17, 15) is 29.0 Å². The van der Waals surface area contributed by atoms with E-state index >= 15 is 0 Å². The Morgan fingerprint density at radius 2 is 1.37 bits per heavy atom. The van der Waals surface area contributed by atoms with Gasteiger partial charge in [0.2, 0.25) is 11.6 Å². The van der Waals surface area contributed by atoms with Crippen LogP contribution in [0.2, 0.25) is 0 Å². The maximum atomic E-state index is 14.1. The van der Waals surface area contributed by atoms with Gasteiger partial charge in [0.15, 0.2) is 5.65 Å². The lowest BCUT2D eigenvalue weighted by molar-refractivity contribution is -0.387. The molecule has 0 saturated carbocycles. The van der Waals surface area contributed by atoms with Crippen LogP contribution in [0.1, 0.15) is 0 Å². The number of aromatic nitrogens is 4. The molecule has 0 radical (unpaired) electrons. The highest BCUT2D eigenvalue weighted by atomic mass is 19.1. The molecule has 1 N–H and O–H groups in total. The molecule has 5 rings (SSSR count). The van der Waals surface area contributed by atoms with E-state index in [-0.39, 0.29) is 22.5 Å². The molecule has 3 heterocycles. The van der Waals surface area contributed by atoms with Crippen LogP contribution in [0.4, 0.5) is 20.2 Å². The number of hydrogen-bond donors (Lipinski definition) is 1. The maximum absolute atomic E-state index is 14.1. The summed E-state index contributed by atoms with van der Waals surface area (Å²) in [5.41, 5.74) is 0.938. The van der Waals surface area contributed by atoms with E-state index in [0.717, 1.165) is 24.3 Å². The number of H-pyrrole nitrogens is 1. The van der Waals surface area contributed by atoms with Crippen molar-refractivity contribution >= 4 is 22.4 Å². The second kappa shape index (κ2) is 8.33. The molecule has 12 heteroatoms. The molecule has 10 nitrogen and oxygen atoms in total. The van der Waals surface area contributed by atoms with Gasteiger partial charge < -0.3 is 0 Å². The lowest BCUT2D eigenvalue weighted by atomic mass is 9.89. The second-order valence-electron chi connectivity index (χ2n) is 7.43. The van der Waals surface area contributed by atoms with Gasteiger partial charge in [-0.2, -0.15) is 13.9 Å². The summed E-state index contributed by atoms with van der Waals surface area (Å²) >= 11 is 0. The van der Waals surface area contributed by atoms with Crippen molar-refractivity contribution in [1.82, 2.24) is 20.2 Å². The molecule has 5 aromatic rings. The molecule has 0 amide bonds. The molecule has 0 spiro atoms. The standard InChI is InChI=1S/C23H12F2N6O4/c24-16-3-1-13(9-18(16)30(32)33)20-15-11-27-29-23(15)28-22(21(20)12-5-7-26-8-6-12)14-2-4-17(25)19(10-14)31(34)35/h1-11H,(H,27,28,29). The zero-order valence-corrected chi connectivity index (χ0v) is 17.5. The van der Waals surface area contributed by atoms with Crippen molar-refractivity contribution in [3.05, 3.63) is 99.0 Å². The molecule has 172 valence electrons. The molecule has 0 aliphatic carbocycles. The highest BCUT2D eigenvalue weighted by Gasteiger charge is 2.25. The van der Waals surface area contributed by atoms with Gasteiger partial charge in [-0.05, 0) is 41.5 Å². The number of halogens is 2. The van der Waals surface area contributed by atoms with Gasteiger partial charge in [-0.25, -0.2) is 4.98 Å². The molecule has 0 bridgehead atoms. The van der Waals surface area contributed by atoms with Gasteiger partial charge in [-0.15, -0.1) is 0 Å². The molecule has 0 fully saturated rings. The van der Waals surface area contributed by atoms with Crippen LogP contribution in [-0.2, 0) is 0 Å². The van der Waals surface area contributed by atoms with E-state index < -0.39 is 32.9 Å². The number of nitro benzene ring substituents is 2. The van der Waals surface area contributed by atoms with Gasteiger partial charge >= 0.3 is 11.4 Å². The molecule has 0 aliphatic rings. The molecular formula is C23H12F2N6O4. The van der Waals surface area contributed by atoms with Crippen molar-refractivity contribution in [3.63, 3.8) is 0 Å². The highest BCUT2D eigenvalue weighted by molar-refractivity contribution is 6.06. The number of benzene rings is 2. The largest absolute Gasteiger partial charge is 0.305 e. The molecule has 35 heavy (non-hydrogen) atoms. The monoisotopic (exact) mass is 474 g/mol. The summed E-state index contributed by atoms with van der Waals surface area (Å²) in [5.74, 6) is -2.02. The smallest absolute Gasteiger partial charge is 0.265 e. The number of nitro groups is 2. The Kier molecular flexibility index (Phi) is 5.17. The van der Waals surface area contributed by atoms with Gasteiger partial charge in [0.25, 0.3) is 0 Å². The number of nitrogens with one attached hydrogen (secondary N) is 1. The van der Waals surface area contributed by atoms with Crippen LogP contribution >= 0.6 is 0 Å². The minimum atomic E-state index is -1.01. The van der Waals surface area contributed by atoms with Crippen LogP contribution in [0.5, 0.6) is 0 Å². The molecule has 0 saturated heterocycles. The molecule has 0 atom stereocenters. The van der Waals surface area contributed by atoms with Crippen molar-refractivity contribution < 1.29 is 18.6 Å². The lowest BCUT2D eigenvalue weighted by Crippen LogP contribution is -1.99. The number of fused-ring (bicyclic) bond motifs is 1. The fraction of sp³-hybridized carbons (Fsp3) is 0. The van der Waals surface area contributed by atoms with Crippen molar-refractivity contribution in [2.45, 2.75) is 0 Å². The first-order chi connectivity index (χ1) is 16.8. The van der Waals surface area contributed by atoms with E-state index in [0.29, 0.717) is 22.1 Å². The Hall–Kier alpha value is -5.13. The first-order valence-electron chi connectivity index (χ1n) is 10.0. The van der Waals surface area contributed by atoms with E-state index in [1.54, 1.807) is 12.1 Å². The average molecular weight is 474 g/mol. The number of aromatic amines is 1. The summed E-state index contributed by atoms with van der Waals surface area (Å²) in [6.07, 6.45) is 4.50.